The normalized spacial score (nSPS) is 10.5. The van der Waals surface area contributed by atoms with E-state index >= 15 is 0 Å². The molecule has 1 aromatic heterocycles. The van der Waals surface area contributed by atoms with Gasteiger partial charge < -0.3 is 20.5 Å². The summed E-state index contributed by atoms with van der Waals surface area (Å²) in [5.41, 5.74) is 4.33. The fourth-order valence-corrected chi connectivity index (χ4v) is 3.81. The zero-order chi connectivity index (χ0) is 20.1. The Balaban J connectivity index is 0.00000256. The third-order valence-electron chi connectivity index (χ3n) is 5.14. The number of carboxylic acids is 1. The molecule has 4 aromatic rings. The molecule has 0 aliphatic rings. The number of benzene rings is 3. The largest absolute Gasteiger partial charge is 0.481 e. The van der Waals surface area contributed by atoms with Gasteiger partial charge in [-0.1, -0.05) is 78.9 Å². The maximum Gasteiger partial charge on any atom is 0.307 e. The topological polar surface area (TPSA) is 85.8 Å². The maximum absolute atomic E-state index is 11.6. The summed E-state index contributed by atoms with van der Waals surface area (Å²) in [6.45, 7) is 1.43. The molecule has 3 aromatic carbocycles. The average molecular weight is 402 g/mol. The van der Waals surface area contributed by atoms with Crippen LogP contribution in [0.3, 0.4) is 0 Å². The van der Waals surface area contributed by atoms with Gasteiger partial charge in [-0.3, -0.25) is 4.79 Å². The Bertz CT molecular complexity index is 1110. The van der Waals surface area contributed by atoms with E-state index in [9.17, 15) is 9.90 Å². The predicted molar refractivity (Wildman–Crippen MR) is 121 cm³/mol. The van der Waals surface area contributed by atoms with Gasteiger partial charge in [0, 0.05) is 24.0 Å². The molecule has 0 spiro atoms. The molecule has 5 nitrogen and oxygen atoms in total. The van der Waals surface area contributed by atoms with Crippen molar-refractivity contribution < 1.29 is 15.4 Å². The second kappa shape index (κ2) is 9.76. The fraction of sp³-hybridized carbons (Fsp3) is 0.160. The van der Waals surface area contributed by atoms with Crippen molar-refractivity contribution in [3.8, 4) is 0 Å². The molecule has 0 unspecified atom stereocenters. The lowest BCUT2D eigenvalue weighted by molar-refractivity contribution is -0.136. The van der Waals surface area contributed by atoms with Crippen molar-refractivity contribution in [3.63, 3.8) is 0 Å². The zero-order valence-corrected chi connectivity index (χ0v) is 16.7. The second-order valence-electron chi connectivity index (χ2n) is 7.15. The van der Waals surface area contributed by atoms with Crippen LogP contribution in [-0.2, 0) is 24.2 Å². The molecule has 0 bridgehead atoms. The number of para-hydroxylation sites is 1. The van der Waals surface area contributed by atoms with Crippen LogP contribution in [0.15, 0.2) is 84.9 Å². The van der Waals surface area contributed by atoms with Gasteiger partial charge in [0.15, 0.2) is 0 Å². The summed E-state index contributed by atoms with van der Waals surface area (Å²) in [5.74, 6) is 0.0760. The molecule has 0 atom stereocenters. The monoisotopic (exact) mass is 402 g/mol. The van der Waals surface area contributed by atoms with Crippen LogP contribution in [0.5, 0.6) is 0 Å². The third kappa shape index (κ3) is 4.70. The van der Waals surface area contributed by atoms with Gasteiger partial charge in [-0.15, -0.1) is 0 Å². The number of hydrogen-bond donors (Lipinski definition) is 2. The highest BCUT2D eigenvalue weighted by Gasteiger charge is 2.19. The van der Waals surface area contributed by atoms with Gasteiger partial charge in [0.2, 0.25) is 0 Å². The van der Waals surface area contributed by atoms with E-state index in [1.807, 2.05) is 54.6 Å². The molecule has 0 saturated heterocycles. The minimum absolute atomic E-state index is 0. The predicted octanol–water partition coefficient (Wildman–Crippen LogP) is 4.15. The van der Waals surface area contributed by atoms with E-state index in [4.69, 9.17) is 0 Å². The number of nitrogens with zero attached hydrogens (tertiary/aromatic N) is 1. The number of carboxylic acid groups (broad SMARTS) is 1. The van der Waals surface area contributed by atoms with Gasteiger partial charge in [0.1, 0.15) is 5.82 Å². The number of rotatable bonds is 8. The molecule has 4 N–H and O–H groups in total. The van der Waals surface area contributed by atoms with Gasteiger partial charge in [-0.25, -0.2) is 0 Å². The molecule has 0 fully saturated rings. The highest BCUT2D eigenvalue weighted by molar-refractivity contribution is 5.93. The van der Waals surface area contributed by atoms with Gasteiger partial charge >= 0.3 is 5.97 Å². The minimum atomic E-state index is -0.821. The molecule has 30 heavy (non-hydrogen) atoms. The SMILES string of the molecule is O.O=C(O)Cc1c(NCCc2ccccc2)n(Cc2ccccc2)c2ccccc12. The molecule has 0 saturated carbocycles. The Morgan fingerprint density at radius 2 is 1.43 bits per heavy atom. The quantitative estimate of drug-likeness (QED) is 0.464. The van der Waals surface area contributed by atoms with E-state index in [0.717, 1.165) is 35.2 Å². The smallest absolute Gasteiger partial charge is 0.307 e. The third-order valence-corrected chi connectivity index (χ3v) is 5.14. The minimum Gasteiger partial charge on any atom is -0.481 e. The maximum atomic E-state index is 11.6. The highest BCUT2D eigenvalue weighted by Crippen LogP contribution is 2.32. The van der Waals surface area contributed by atoms with Gasteiger partial charge in [-0.2, -0.15) is 0 Å². The van der Waals surface area contributed by atoms with E-state index < -0.39 is 5.97 Å². The van der Waals surface area contributed by atoms with Crippen molar-refractivity contribution in [2.75, 3.05) is 11.9 Å². The summed E-state index contributed by atoms with van der Waals surface area (Å²) in [5, 5.41) is 14.1. The van der Waals surface area contributed by atoms with Crippen molar-refractivity contribution in [3.05, 3.63) is 102 Å². The lowest BCUT2D eigenvalue weighted by atomic mass is 10.1. The summed E-state index contributed by atoms with van der Waals surface area (Å²) in [6, 6.07) is 28.6. The van der Waals surface area contributed by atoms with Crippen LogP contribution in [-0.4, -0.2) is 27.7 Å². The van der Waals surface area contributed by atoms with Crippen LogP contribution in [0.2, 0.25) is 0 Å². The Kier molecular flexibility index (Phi) is 6.88. The molecular formula is C25H26N2O3. The number of nitrogens with one attached hydrogen (secondary N) is 1. The van der Waals surface area contributed by atoms with Crippen molar-refractivity contribution in [1.29, 1.82) is 0 Å². The summed E-state index contributed by atoms with van der Waals surface area (Å²) in [4.78, 5) is 11.6. The van der Waals surface area contributed by atoms with Crippen molar-refractivity contribution in [1.82, 2.24) is 4.57 Å². The molecule has 1 heterocycles. The first-order chi connectivity index (χ1) is 14.2. The molecule has 4 rings (SSSR count). The van der Waals surface area contributed by atoms with Crippen LogP contribution < -0.4 is 5.32 Å². The summed E-state index contributed by atoms with van der Waals surface area (Å²) >= 11 is 0. The number of hydrogen-bond acceptors (Lipinski definition) is 2. The van der Waals surface area contributed by atoms with Crippen LogP contribution in [0.4, 0.5) is 5.82 Å². The average Bonchev–Trinajstić information content (AvgIpc) is 3.02. The Morgan fingerprint density at radius 3 is 2.10 bits per heavy atom. The summed E-state index contributed by atoms with van der Waals surface area (Å²) in [7, 11) is 0. The zero-order valence-electron chi connectivity index (χ0n) is 16.7. The van der Waals surface area contributed by atoms with Crippen LogP contribution in [0, 0.1) is 0 Å². The van der Waals surface area contributed by atoms with Gasteiger partial charge in [0.05, 0.1) is 11.9 Å². The number of anilines is 1. The van der Waals surface area contributed by atoms with Gasteiger partial charge in [0.25, 0.3) is 0 Å². The lowest BCUT2D eigenvalue weighted by Crippen LogP contribution is -2.13. The molecule has 0 radical (unpaired) electrons. The number of fused-ring (bicyclic) bond motifs is 1. The first-order valence-corrected chi connectivity index (χ1v) is 9.86. The molecular weight excluding hydrogens is 376 g/mol. The Labute approximate surface area is 175 Å². The van der Waals surface area contributed by atoms with Crippen LogP contribution >= 0.6 is 0 Å². The van der Waals surface area contributed by atoms with Crippen molar-refractivity contribution in [2.45, 2.75) is 19.4 Å². The lowest BCUT2D eigenvalue weighted by Gasteiger charge is -2.14. The van der Waals surface area contributed by atoms with Gasteiger partial charge in [-0.05, 0) is 23.6 Å². The number of aliphatic carboxylic acids is 1. The van der Waals surface area contributed by atoms with E-state index in [1.165, 1.54) is 11.1 Å². The molecule has 154 valence electrons. The van der Waals surface area contributed by atoms with Crippen LogP contribution in [0.1, 0.15) is 16.7 Å². The Hall–Kier alpha value is -3.57. The second-order valence-corrected chi connectivity index (χ2v) is 7.15. The molecule has 0 amide bonds. The van der Waals surface area contributed by atoms with E-state index in [1.54, 1.807) is 0 Å². The summed E-state index contributed by atoms with van der Waals surface area (Å²) in [6.07, 6.45) is 0.871. The van der Waals surface area contributed by atoms with E-state index in [-0.39, 0.29) is 11.9 Å². The first kappa shape index (κ1) is 21.1. The number of aromatic nitrogens is 1. The van der Waals surface area contributed by atoms with Crippen molar-refractivity contribution in [2.24, 2.45) is 0 Å². The number of carbonyl (C=O) groups is 1. The molecule has 0 aliphatic carbocycles. The van der Waals surface area contributed by atoms with Crippen molar-refractivity contribution >= 4 is 22.7 Å². The summed E-state index contributed by atoms with van der Waals surface area (Å²) < 4.78 is 2.20. The fourth-order valence-electron chi connectivity index (χ4n) is 3.81. The highest BCUT2D eigenvalue weighted by atomic mass is 16.4. The Morgan fingerprint density at radius 1 is 0.833 bits per heavy atom. The first-order valence-electron chi connectivity index (χ1n) is 9.86. The van der Waals surface area contributed by atoms with Crippen LogP contribution in [0.25, 0.3) is 10.9 Å². The van der Waals surface area contributed by atoms with E-state index in [2.05, 4.69) is 40.2 Å². The van der Waals surface area contributed by atoms with E-state index in [0.29, 0.717) is 6.54 Å². The molecule has 5 heteroatoms. The standard InChI is InChI=1S/C25H24N2O2.H2O/c28-24(29)17-22-21-13-7-8-14-23(21)27(18-20-11-5-2-6-12-20)25(22)26-16-15-19-9-3-1-4-10-19;/h1-14,26H,15-18H2,(H,28,29);1H2. The molecule has 0 aliphatic heterocycles.